The quantitative estimate of drug-likeness (QED) is 0.445. The van der Waals surface area contributed by atoms with Gasteiger partial charge in [-0.15, -0.1) is 0 Å². The summed E-state index contributed by atoms with van der Waals surface area (Å²) in [7, 11) is 0. The number of nitro benzene ring substituents is 1. The van der Waals surface area contributed by atoms with Crippen LogP contribution in [-0.4, -0.2) is 30.7 Å². The van der Waals surface area contributed by atoms with E-state index < -0.39 is 4.92 Å². The topological polar surface area (TPSA) is 73.6 Å². The van der Waals surface area contributed by atoms with E-state index in [1.807, 2.05) is 20.8 Å². The molecular weight excluding hydrogens is 248 g/mol. The van der Waals surface area contributed by atoms with E-state index in [0.717, 1.165) is 13.1 Å². The van der Waals surface area contributed by atoms with Crippen molar-refractivity contribution in [2.24, 2.45) is 0 Å². The number of ether oxygens (including phenoxy) is 2. The molecule has 0 bridgehead atoms. The monoisotopic (exact) mass is 268 g/mol. The first-order valence-electron chi connectivity index (χ1n) is 6.33. The first-order valence-corrected chi connectivity index (χ1v) is 6.33. The van der Waals surface area contributed by atoms with Gasteiger partial charge in [0.05, 0.1) is 11.0 Å². The van der Waals surface area contributed by atoms with Crippen molar-refractivity contribution in [3.8, 4) is 11.5 Å². The lowest BCUT2D eigenvalue weighted by Gasteiger charge is -2.12. The second-order valence-electron chi connectivity index (χ2n) is 4.26. The van der Waals surface area contributed by atoms with Crippen LogP contribution in [0.4, 0.5) is 5.69 Å². The molecule has 0 aromatic heterocycles. The molecule has 1 N–H and O–H groups in total. The maximum atomic E-state index is 10.9. The van der Waals surface area contributed by atoms with Crippen molar-refractivity contribution in [2.75, 3.05) is 19.7 Å². The molecule has 0 spiro atoms. The van der Waals surface area contributed by atoms with E-state index in [2.05, 4.69) is 5.32 Å². The summed E-state index contributed by atoms with van der Waals surface area (Å²) in [5, 5.41) is 14.0. The van der Waals surface area contributed by atoms with Crippen LogP contribution >= 0.6 is 0 Å². The Morgan fingerprint density at radius 2 is 2.16 bits per heavy atom. The maximum absolute atomic E-state index is 10.9. The molecule has 6 heteroatoms. The third-order valence-electron chi connectivity index (χ3n) is 2.29. The van der Waals surface area contributed by atoms with Crippen LogP contribution in [0.2, 0.25) is 0 Å². The molecule has 1 rings (SSSR count). The zero-order valence-corrected chi connectivity index (χ0v) is 11.5. The Labute approximate surface area is 112 Å². The zero-order valence-electron chi connectivity index (χ0n) is 11.5. The summed E-state index contributed by atoms with van der Waals surface area (Å²) in [6.07, 6.45) is -0.129. The summed E-state index contributed by atoms with van der Waals surface area (Å²) >= 11 is 0. The Bertz CT molecular complexity index is 421. The van der Waals surface area contributed by atoms with Gasteiger partial charge >= 0.3 is 5.69 Å². The van der Waals surface area contributed by atoms with Crippen LogP contribution in [0.3, 0.4) is 0 Å². The number of nitrogens with one attached hydrogen (secondary N) is 1. The third kappa shape index (κ3) is 5.13. The first kappa shape index (κ1) is 15.2. The molecule has 0 aliphatic rings. The molecule has 0 atom stereocenters. The van der Waals surface area contributed by atoms with Gasteiger partial charge in [-0.05, 0) is 26.5 Å². The summed E-state index contributed by atoms with van der Waals surface area (Å²) in [6, 6.07) is 4.54. The van der Waals surface area contributed by atoms with E-state index in [1.165, 1.54) is 6.07 Å². The van der Waals surface area contributed by atoms with Gasteiger partial charge < -0.3 is 14.8 Å². The highest BCUT2D eigenvalue weighted by atomic mass is 16.6. The van der Waals surface area contributed by atoms with Crippen LogP contribution in [0.1, 0.15) is 20.8 Å². The molecule has 1 aromatic rings. The van der Waals surface area contributed by atoms with Crippen LogP contribution in [0.25, 0.3) is 0 Å². The number of benzene rings is 1. The largest absolute Gasteiger partial charge is 0.492 e. The predicted molar refractivity (Wildman–Crippen MR) is 72.9 cm³/mol. The van der Waals surface area contributed by atoms with E-state index in [-0.39, 0.29) is 17.5 Å². The third-order valence-corrected chi connectivity index (χ3v) is 2.29. The molecule has 1 aromatic carbocycles. The molecule has 0 unspecified atom stereocenters. The minimum atomic E-state index is -0.458. The minimum Gasteiger partial charge on any atom is -0.492 e. The first-order chi connectivity index (χ1) is 9.04. The molecule has 0 radical (unpaired) electrons. The second kappa shape index (κ2) is 7.58. The van der Waals surface area contributed by atoms with Crippen LogP contribution in [-0.2, 0) is 0 Å². The van der Waals surface area contributed by atoms with Crippen LogP contribution in [0.5, 0.6) is 11.5 Å². The van der Waals surface area contributed by atoms with Gasteiger partial charge in [-0.2, -0.15) is 0 Å². The molecule has 0 aliphatic carbocycles. The lowest BCUT2D eigenvalue weighted by atomic mass is 10.2. The Morgan fingerprint density at radius 3 is 2.74 bits per heavy atom. The molecule has 0 amide bonds. The van der Waals surface area contributed by atoms with Crippen molar-refractivity contribution in [3.05, 3.63) is 28.3 Å². The Hall–Kier alpha value is -1.82. The van der Waals surface area contributed by atoms with Crippen molar-refractivity contribution >= 4 is 5.69 Å². The molecule has 0 heterocycles. The standard InChI is InChI=1S/C13H20N2O4/c1-4-14-7-8-18-11-5-6-12(15(16)17)13(9-11)19-10(2)3/h5-6,9-10,14H,4,7-8H2,1-3H3. The molecule has 0 saturated carbocycles. The number of nitro groups is 1. The van der Waals surface area contributed by atoms with E-state index in [4.69, 9.17) is 9.47 Å². The molecule has 106 valence electrons. The number of rotatable bonds is 8. The predicted octanol–water partition coefficient (Wildman–Crippen LogP) is 2.37. The van der Waals surface area contributed by atoms with E-state index in [0.29, 0.717) is 12.4 Å². The zero-order chi connectivity index (χ0) is 14.3. The Balaban J connectivity index is 2.76. The van der Waals surface area contributed by atoms with Gasteiger partial charge in [0.1, 0.15) is 12.4 Å². The SMILES string of the molecule is CCNCCOc1ccc([N+](=O)[O-])c(OC(C)C)c1. The average Bonchev–Trinajstić information content (AvgIpc) is 2.34. The minimum absolute atomic E-state index is 0.0484. The molecule has 0 fully saturated rings. The van der Waals surface area contributed by atoms with Gasteiger partial charge in [0, 0.05) is 18.7 Å². The molecule has 0 saturated heterocycles. The number of hydrogen-bond donors (Lipinski definition) is 1. The van der Waals surface area contributed by atoms with Crippen molar-refractivity contribution in [3.63, 3.8) is 0 Å². The van der Waals surface area contributed by atoms with Gasteiger partial charge in [0.15, 0.2) is 0 Å². The lowest BCUT2D eigenvalue weighted by molar-refractivity contribution is -0.386. The van der Waals surface area contributed by atoms with E-state index >= 15 is 0 Å². The van der Waals surface area contributed by atoms with Crippen molar-refractivity contribution < 1.29 is 14.4 Å². The fourth-order valence-corrected chi connectivity index (χ4v) is 1.50. The van der Waals surface area contributed by atoms with Gasteiger partial charge in [-0.25, -0.2) is 0 Å². The molecule has 6 nitrogen and oxygen atoms in total. The van der Waals surface area contributed by atoms with E-state index in [1.54, 1.807) is 12.1 Å². The fourth-order valence-electron chi connectivity index (χ4n) is 1.50. The summed E-state index contributed by atoms with van der Waals surface area (Å²) < 4.78 is 10.9. The van der Waals surface area contributed by atoms with Crippen LogP contribution < -0.4 is 14.8 Å². The van der Waals surface area contributed by atoms with Crippen molar-refractivity contribution in [1.82, 2.24) is 5.32 Å². The normalized spacial score (nSPS) is 10.5. The van der Waals surface area contributed by atoms with Crippen molar-refractivity contribution in [2.45, 2.75) is 26.9 Å². The number of hydrogen-bond acceptors (Lipinski definition) is 5. The lowest BCUT2D eigenvalue weighted by Crippen LogP contribution is -2.20. The summed E-state index contributed by atoms with van der Waals surface area (Å²) in [6.45, 7) is 7.78. The smallest absolute Gasteiger partial charge is 0.311 e. The van der Waals surface area contributed by atoms with Gasteiger partial charge in [0.25, 0.3) is 0 Å². The maximum Gasteiger partial charge on any atom is 0.311 e. The Kier molecular flexibility index (Phi) is 6.08. The Morgan fingerprint density at radius 1 is 1.42 bits per heavy atom. The van der Waals surface area contributed by atoms with Gasteiger partial charge in [0.2, 0.25) is 5.75 Å². The molecular formula is C13H20N2O4. The second-order valence-corrected chi connectivity index (χ2v) is 4.26. The highest BCUT2D eigenvalue weighted by Gasteiger charge is 2.17. The summed E-state index contributed by atoms with van der Waals surface area (Å²) in [5.74, 6) is 0.806. The van der Waals surface area contributed by atoms with Crippen molar-refractivity contribution in [1.29, 1.82) is 0 Å². The molecule has 0 aliphatic heterocycles. The summed E-state index contributed by atoms with van der Waals surface area (Å²) in [4.78, 5) is 10.4. The van der Waals surface area contributed by atoms with E-state index in [9.17, 15) is 10.1 Å². The molecule has 19 heavy (non-hydrogen) atoms. The fraction of sp³-hybridized carbons (Fsp3) is 0.538. The van der Waals surface area contributed by atoms with Crippen LogP contribution in [0, 0.1) is 10.1 Å². The average molecular weight is 268 g/mol. The number of likely N-dealkylation sites (N-methyl/N-ethyl adjacent to an activating group) is 1. The van der Waals surface area contributed by atoms with Gasteiger partial charge in [-0.1, -0.05) is 6.92 Å². The summed E-state index contributed by atoms with van der Waals surface area (Å²) in [5.41, 5.74) is -0.0484. The highest BCUT2D eigenvalue weighted by Crippen LogP contribution is 2.31. The number of nitrogens with zero attached hydrogens (tertiary/aromatic N) is 1. The van der Waals surface area contributed by atoms with Crippen LogP contribution in [0.15, 0.2) is 18.2 Å². The highest BCUT2D eigenvalue weighted by molar-refractivity contribution is 5.50. The van der Waals surface area contributed by atoms with Gasteiger partial charge in [-0.3, -0.25) is 10.1 Å².